The number of aromatic nitrogens is 1. The van der Waals surface area contributed by atoms with Crippen molar-refractivity contribution in [2.75, 3.05) is 5.32 Å². The molecule has 7 heteroatoms. The molecule has 3 N–H and O–H groups in total. The molecule has 0 bridgehead atoms. The van der Waals surface area contributed by atoms with Crippen LogP contribution < -0.4 is 15.9 Å². The lowest BCUT2D eigenvalue weighted by Crippen LogP contribution is -2.19. The molecule has 54 valence electrons. The normalized spacial score (nSPS) is 9.20. The van der Waals surface area contributed by atoms with Gasteiger partial charge in [-0.3, -0.25) is 4.79 Å². The smallest absolute Gasteiger partial charge is 0.338 e. The average molecular weight is 193 g/mol. The van der Waals surface area contributed by atoms with E-state index in [1.165, 1.54) is 10.3 Å². The summed E-state index contributed by atoms with van der Waals surface area (Å²) in [5.41, 5.74) is 5.12. The number of nitrogens with one attached hydrogen (secondary N) is 1. The first-order chi connectivity index (χ1) is 4.68. The van der Waals surface area contributed by atoms with Gasteiger partial charge in [0.2, 0.25) is 5.13 Å². The number of thiocarbonyl (C=S) groups is 1. The van der Waals surface area contributed by atoms with E-state index in [1.54, 1.807) is 0 Å². The van der Waals surface area contributed by atoms with Gasteiger partial charge in [0.1, 0.15) is 0 Å². The standard InChI is InChI=1S/C3H3N3OS3/c4-1(8)5-2-6-3(7)10-9-2/h(H3,4,5,6,7,8). The van der Waals surface area contributed by atoms with Crippen molar-refractivity contribution in [3.05, 3.63) is 9.67 Å². The van der Waals surface area contributed by atoms with Crippen molar-refractivity contribution in [3.8, 4) is 0 Å². The zero-order valence-corrected chi connectivity index (χ0v) is 7.11. The van der Waals surface area contributed by atoms with E-state index in [4.69, 9.17) is 5.73 Å². The van der Waals surface area contributed by atoms with Crippen LogP contribution in [-0.2, 0) is 0 Å². The van der Waals surface area contributed by atoms with E-state index in [2.05, 4.69) is 22.5 Å². The van der Waals surface area contributed by atoms with E-state index in [9.17, 15) is 4.79 Å². The van der Waals surface area contributed by atoms with Crippen LogP contribution in [-0.4, -0.2) is 10.1 Å². The van der Waals surface area contributed by atoms with E-state index in [1.807, 2.05) is 0 Å². The molecule has 0 atom stereocenters. The van der Waals surface area contributed by atoms with E-state index < -0.39 is 0 Å². The summed E-state index contributed by atoms with van der Waals surface area (Å²) in [6, 6.07) is 0. The molecule has 0 unspecified atom stereocenters. The summed E-state index contributed by atoms with van der Waals surface area (Å²) in [5.74, 6) is 0. The number of nitrogens with zero attached hydrogens (tertiary/aromatic N) is 1. The Morgan fingerprint density at radius 2 is 2.40 bits per heavy atom. The lowest BCUT2D eigenvalue weighted by atomic mass is 11.0. The molecule has 0 saturated carbocycles. The number of rotatable bonds is 1. The van der Waals surface area contributed by atoms with Crippen molar-refractivity contribution >= 4 is 43.1 Å². The molecule has 0 aliphatic rings. The first kappa shape index (κ1) is 7.58. The third-order valence-electron chi connectivity index (χ3n) is 0.615. The lowest BCUT2D eigenvalue weighted by Gasteiger charge is -1.93. The molecular formula is C3H3N3OS3. The number of hydrogen-bond acceptors (Lipinski definition) is 5. The van der Waals surface area contributed by atoms with Crippen molar-refractivity contribution in [3.63, 3.8) is 0 Å². The molecule has 1 aromatic rings. The molecule has 0 fully saturated rings. The Hall–Kier alpha value is -0.530. The van der Waals surface area contributed by atoms with Crippen molar-refractivity contribution in [2.24, 2.45) is 5.73 Å². The van der Waals surface area contributed by atoms with Gasteiger partial charge in [0.25, 0.3) is 0 Å². The van der Waals surface area contributed by atoms with Crippen LogP contribution in [0.5, 0.6) is 0 Å². The van der Waals surface area contributed by atoms with Crippen molar-refractivity contribution in [1.82, 2.24) is 4.98 Å². The minimum atomic E-state index is -0.233. The Morgan fingerprint density at radius 3 is 2.80 bits per heavy atom. The molecule has 0 saturated heterocycles. The second kappa shape index (κ2) is 3.04. The molecule has 0 radical (unpaired) electrons. The summed E-state index contributed by atoms with van der Waals surface area (Å²) in [6.45, 7) is 0. The predicted molar refractivity (Wildman–Crippen MR) is 46.7 cm³/mol. The predicted octanol–water partition coefficient (Wildman–Crippen LogP) is 0.220. The van der Waals surface area contributed by atoms with Crippen LogP contribution >= 0.6 is 32.9 Å². The van der Waals surface area contributed by atoms with Crippen LogP contribution in [0.4, 0.5) is 5.13 Å². The van der Waals surface area contributed by atoms with Crippen LogP contribution in [0.1, 0.15) is 0 Å². The molecule has 1 rings (SSSR count). The zero-order chi connectivity index (χ0) is 7.56. The van der Waals surface area contributed by atoms with Crippen molar-refractivity contribution in [1.29, 1.82) is 0 Å². The summed E-state index contributed by atoms with van der Waals surface area (Å²) in [5, 5.41) is 3.14. The second-order valence-corrected chi connectivity index (χ2v) is 3.85. The quantitative estimate of drug-likeness (QED) is 0.493. The molecule has 0 amide bonds. The van der Waals surface area contributed by atoms with Crippen molar-refractivity contribution < 1.29 is 0 Å². The summed E-state index contributed by atoms with van der Waals surface area (Å²) in [7, 11) is 2.26. The number of anilines is 1. The largest absolute Gasteiger partial charge is 0.376 e. The Labute approximate surface area is 69.1 Å². The van der Waals surface area contributed by atoms with Crippen LogP contribution in [0.15, 0.2) is 4.79 Å². The fraction of sp³-hybridized carbons (Fsp3) is 0. The Balaban J connectivity index is 2.76. The molecule has 1 heterocycles. The van der Waals surface area contributed by atoms with Crippen LogP contribution in [0.2, 0.25) is 0 Å². The number of nitrogens with two attached hydrogens (primary N) is 1. The van der Waals surface area contributed by atoms with Crippen LogP contribution in [0.3, 0.4) is 0 Å². The first-order valence-corrected chi connectivity index (χ1v) is 4.78. The van der Waals surface area contributed by atoms with Gasteiger partial charge >= 0.3 is 4.87 Å². The van der Waals surface area contributed by atoms with Crippen LogP contribution in [0.25, 0.3) is 0 Å². The molecule has 10 heavy (non-hydrogen) atoms. The molecule has 0 aromatic carbocycles. The highest BCUT2D eigenvalue weighted by atomic mass is 32.9. The number of hydrogen-bond donors (Lipinski definition) is 2. The van der Waals surface area contributed by atoms with Gasteiger partial charge in [0, 0.05) is 0 Å². The van der Waals surface area contributed by atoms with Gasteiger partial charge in [-0.05, 0) is 32.9 Å². The summed E-state index contributed by atoms with van der Waals surface area (Å²) < 4.78 is 0. The molecular weight excluding hydrogens is 190 g/mol. The molecule has 1 aromatic heterocycles. The molecule has 0 aliphatic carbocycles. The molecule has 4 nitrogen and oxygen atoms in total. The molecule has 0 spiro atoms. The average Bonchev–Trinajstić information content (AvgIpc) is 2.13. The van der Waals surface area contributed by atoms with E-state index in [0.717, 1.165) is 10.3 Å². The maximum absolute atomic E-state index is 10.5. The molecule has 0 aliphatic heterocycles. The van der Waals surface area contributed by atoms with E-state index >= 15 is 0 Å². The third kappa shape index (κ3) is 2.01. The minimum absolute atomic E-state index is 0.126. The van der Waals surface area contributed by atoms with Gasteiger partial charge in [-0.2, -0.15) is 4.98 Å². The summed E-state index contributed by atoms with van der Waals surface area (Å²) >= 11 is 4.52. The lowest BCUT2D eigenvalue weighted by molar-refractivity contribution is 1.35. The topological polar surface area (TPSA) is 68.0 Å². The maximum Gasteiger partial charge on any atom is 0.338 e. The van der Waals surface area contributed by atoms with Gasteiger partial charge in [-0.1, -0.05) is 0 Å². The minimum Gasteiger partial charge on any atom is -0.376 e. The fourth-order valence-corrected chi connectivity index (χ4v) is 1.92. The van der Waals surface area contributed by atoms with Gasteiger partial charge in [0.05, 0.1) is 0 Å². The Bertz CT molecular complexity index is 289. The third-order valence-corrected chi connectivity index (χ3v) is 2.54. The Morgan fingerprint density at radius 1 is 1.70 bits per heavy atom. The summed E-state index contributed by atoms with van der Waals surface area (Å²) in [6.07, 6.45) is 0. The monoisotopic (exact) mass is 193 g/mol. The van der Waals surface area contributed by atoms with Gasteiger partial charge in [0.15, 0.2) is 5.11 Å². The van der Waals surface area contributed by atoms with Gasteiger partial charge in [-0.25, -0.2) is 0 Å². The zero-order valence-electron chi connectivity index (χ0n) is 4.66. The van der Waals surface area contributed by atoms with Crippen molar-refractivity contribution in [2.45, 2.75) is 0 Å². The highest BCUT2D eigenvalue weighted by molar-refractivity contribution is 7.80. The maximum atomic E-state index is 10.5. The Kier molecular flexibility index (Phi) is 2.30. The second-order valence-electron chi connectivity index (χ2n) is 1.34. The highest BCUT2D eigenvalue weighted by Crippen LogP contribution is 2.11. The van der Waals surface area contributed by atoms with Gasteiger partial charge < -0.3 is 11.1 Å². The highest BCUT2D eigenvalue weighted by Gasteiger charge is 1.97. The van der Waals surface area contributed by atoms with Gasteiger partial charge in [-0.15, -0.1) is 0 Å². The van der Waals surface area contributed by atoms with E-state index in [0.29, 0.717) is 5.13 Å². The van der Waals surface area contributed by atoms with Crippen LogP contribution in [0, 0.1) is 0 Å². The van der Waals surface area contributed by atoms with E-state index in [-0.39, 0.29) is 9.99 Å². The summed E-state index contributed by atoms with van der Waals surface area (Å²) in [4.78, 5) is 13.8. The first-order valence-electron chi connectivity index (χ1n) is 2.22. The SMILES string of the molecule is NC(=S)Nc1nc(=O)ss1. The fourth-order valence-electron chi connectivity index (χ4n) is 0.349.